The fraction of sp³-hybridized carbons (Fsp3) is 0.125. The molecule has 23 heavy (non-hydrogen) atoms. The topological polar surface area (TPSA) is 72.7 Å². The zero-order valence-corrected chi connectivity index (χ0v) is 12.4. The summed E-state index contributed by atoms with van der Waals surface area (Å²) in [4.78, 5) is 16.4. The number of hydrogen-bond donors (Lipinski definition) is 1. The summed E-state index contributed by atoms with van der Waals surface area (Å²) in [7, 11) is 0. The third-order valence-corrected chi connectivity index (χ3v) is 3.34. The molecule has 0 atom stereocenters. The van der Waals surface area contributed by atoms with E-state index in [9.17, 15) is 9.18 Å². The largest absolute Gasteiger partial charge is 0.345 e. The third-order valence-electron chi connectivity index (χ3n) is 3.34. The Hall–Kier alpha value is -3.09. The molecule has 7 heteroatoms. The van der Waals surface area contributed by atoms with Gasteiger partial charge in [0.15, 0.2) is 5.69 Å². The zero-order chi connectivity index (χ0) is 16.2. The van der Waals surface area contributed by atoms with Gasteiger partial charge in [-0.3, -0.25) is 9.78 Å². The lowest BCUT2D eigenvalue weighted by Crippen LogP contribution is -2.24. The molecule has 3 aromatic rings. The highest BCUT2D eigenvalue weighted by atomic mass is 19.1. The van der Waals surface area contributed by atoms with Gasteiger partial charge in [-0.2, -0.15) is 0 Å². The Bertz CT molecular complexity index is 814. The number of carbonyl (C=O) groups is 1. The molecule has 1 amide bonds. The van der Waals surface area contributed by atoms with Crippen LogP contribution in [0.2, 0.25) is 0 Å². The van der Waals surface area contributed by atoms with E-state index in [0.29, 0.717) is 17.9 Å². The first kappa shape index (κ1) is 14.8. The van der Waals surface area contributed by atoms with Crippen molar-refractivity contribution in [2.24, 2.45) is 0 Å². The van der Waals surface area contributed by atoms with Crippen LogP contribution in [0.1, 0.15) is 21.9 Å². The molecule has 0 unspecified atom stereocenters. The molecule has 0 bridgehead atoms. The van der Waals surface area contributed by atoms with E-state index in [0.717, 1.165) is 5.69 Å². The quantitative estimate of drug-likeness (QED) is 0.800. The first-order valence-electron chi connectivity index (χ1n) is 7.01. The van der Waals surface area contributed by atoms with Crippen molar-refractivity contribution in [3.63, 3.8) is 0 Å². The summed E-state index contributed by atoms with van der Waals surface area (Å²) >= 11 is 0. The second kappa shape index (κ2) is 6.35. The maximum absolute atomic E-state index is 13.0. The minimum absolute atomic E-state index is 0.227. The number of amides is 1. The fourth-order valence-corrected chi connectivity index (χ4v) is 2.12. The van der Waals surface area contributed by atoms with Crippen LogP contribution in [0.3, 0.4) is 0 Å². The van der Waals surface area contributed by atoms with E-state index < -0.39 is 0 Å². The van der Waals surface area contributed by atoms with Crippen LogP contribution in [0.4, 0.5) is 4.39 Å². The number of nitrogens with one attached hydrogen (secondary N) is 1. The number of nitrogens with zero attached hydrogens (tertiary/aromatic N) is 4. The smallest absolute Gasteiger partial charge is 0.274 e. The van der Waals surface area contributed by atoms with Crippen LogP contribution in [0, 0.1) is 12.7 Å². The second-order valence-corrected chi connectivity index (χ2v) is 4.92. The Balaban J connectivity index is 1.76. The predicted molar refractivity (Wildman–Crippen MR) is 81.5 cm³/mol. The predicted octanol–water partition coefficient (Wildman–Crippen LogP) is 2.04. The average molecular weight is 311 g/mol. The summed E-state index contributed by atoms with van der Waals surface area (Å²) in [5, 5.41) is 10.6. The van der Waals surface area contributed by atoms with Crippen molar-refractivity contribution in [1.29, 1.82) is 0 Å². The first-order chi connectivity index (χ1) is 11.1. The van der Waals surface area contributed by atoms with Crippen molar-refractivity contribution in [2.75, 3.05) is 0 Å². The van der Waals surface area contributed by atoms with Gasteiger partial charge in [-0.05, 0) is 43.3 Å². The molecular formula is C16H14FN5O. The first-order valence-corrected chi connectivity index (χ1v) is 7.01. The minimum Gasteiger partial charge on any atom is -0.345 e. The lowest BCUT2D eigenvalue weighted by molar-refractivity contribution is 0.0944. The van der Waals surface area contributed by atoms with E-state index in [1.165, 1.54) is 16.8 Å². The third kappa shape index (κ3) is 3.23. The van der Waals surface area contributed by atoms with E-state index in [-0.39, 0.29) is 17.4 Å². The molecule has 0 saturated heterocycles. The van der Waals surface area contributed by atoms with Crippen LogP contribution >= 0.6 is 0 Å². The van der Waals surface area contributed by atoms with Crippen LogP contribution < -0.4 is 5.32 Å². The summed E-state index contributed by atoms with van der Waals surface area (Å²) in [5.74, 6) is -0.665. The number of rotatable bonds is 4. The standard InChI is InChI=1S/C16H14FN5O/c1-11-15(16(23)19-10-13-4-2-3-9-18-13)20-21-22(11)14-7-5-12(17)6-8-14/h2-9H,10H2,1H3,(H,19,23). The van der Waals surface area contributed by atoms with Crippen molar-refractivity contribution >= 4 is 5.91 Å². The van der Waals surface area contributed by atoms with Gasteiger partial charge in [-0.25, -0.2) is 9.07 Å². The summed E-state index contributed by atoms with van der Waals surface area (Å²) < 4.78 is 14.5. The van der Waals surface area contributed by atoms with E-state index in [4.69, 9.17) is 0 Å². The molecule has 3 rings (SSSR count). The van der Waals surface area contributed by atoms with Gasteiger partial charge in [0, 0.05) is 6.20 Å². The summed E-state index contributed by atoms with van der Waals surface area (Å²) in [6.07, 6.45) is 1.66. The highest BCUT2D eigenvalue weighted by Crippen LogP contribution is 2.13. The van der Waals surface area contributed by atoms with Crippen LogP contribution in [-0.2, 0) is 6.54 Å². The van der Waals surface area contributed by atoms with Crippen molar-refractivity contribution in [2.45, 2.75) is 13.5 Å². The Morgan fingerprint density at radius 1 is 1.22 bits per heavy atom. The molecule has 0 spiro atoms. The zero-order valence-electron chi connectivity index (χ0n) is 12.4. The van der Waals surface area contributed by atoms with Crippen molar-refractivity contribution < 1.29 is 9.18 Å². The summed E-state index contributed by atoms with van der Waals surface area (Å²) in [5.41, 5.74) is 2.20. The molecule has 6 nitrogen and oxygen atoms in total. The lowest BCUT2D eigenvalue weighted by Gasteiger charge is -2.05. The maximum atomic E-state index is 13.0. The number of benzene rings is 1. The van der Waals surface area contributed by atoms with Gasteiger partial charge < -0.3 is 5.32 Å². The Kier molecular flexibility index (Phi) is 4.09. The molecular weight excluding hydrogens is 297 g/mol. The normalized spacial score (nSPS) is 10.5. The van der Waals surface area contributed by atoms with Gasteiger partial charge in [0.2, 0.25) is 0 Å². The fourth-order valence-electron chi connectivity index (χ4n) is 2.12. The lowest BCUT2D eigenvalue weighted by atomic mass is 10.2. The van der Waals surface area contributed by atoms with Crippen molar-refractivity contribution in [3.05, 3.63) is 71.6 Å². The van der Waals surface area contributed by atoms with E-state index in [1.54, 1.807) is 25.3 Å². The molecule has 0 fully saturated rings. The molecule has 0 aliphatic carbocycles. The number of hydrogen-bond acceptors (Lipinski definition) is 4. The van der Waals surface area contributed by atoms with Crippen LogP contribution in [0.25, 0.3) is 5.69 Å². The summed E-state index contributed by atoms with van der Waals surface area (Å²) in [6, 6.07) is 11.3. The van der Waals surface area contributed by atoms with Gasteiger partial charge in [0.25, 0.3) is 5.91 Å². The van der Waals surface area contributed by atoms with Crippen LogP contribution in [0.5, 0.6) is 0 Å². The molecule has 2 aromatic heterocycles. The molecule has 0 radical (unpaired) electrons. The molecule has 0 aliphatic rings. The highest BCUT2D eigenvalue weighted by Gasteiger charge is 2.17. The van der Waals surface area contributed by atoms with E-state index >= 15 is 0 Å². The van der Waals surface area contributed by atoms with Crippen molar-refractivity contribution in [1.82, 2.24) is 25.3 Å². The Labute approximate surface area is 132 Å². The monoisotopic (exact) mass is 311 g/mol. The summed E-state index contributed by atoms with van der Waals surface area (Å²) in [6.45, 7) is 2.04. The van der Waals surface area contributed by atoms with Gasteiger partial charge >= 0.3 is 0 Å². The maximum Gasteiger partial charge on any atom is 0.274 e. The van der Waals surface area contributed by atoms with E-state index in [1.807, 2.05) is 18.2 Å². The van der Waals surface area contributed by atoms with Gasteiger partial charge in [0.05, 0.1) is 23.6 Å². The van der Waals surface area contributed by atoms with E-state index in [2.05, 4.69) is 20.6 Å². The number of carbonyl (C=O) groups excluding carboxylic acids is 1. The Morgan fingerprint density at radius 3 is 2.70 bits per heavy atom. The van der Waals surface area contributed by atoms with Crippen LogP contribution in [-0.4, -0.2) is 25.9 Å². The minimum atomic E-state index is -0.333. The Morgan fingerprint density at radius 2 is 2.00 bits per heavy atom. The van der Waals surface area contributed by atoms with Crippen molar-refractivity contribution in [3.8, 4) is 5.69 Å². The highest BCUT2D eigenvalue weighted by molar-refractivity contribution is 5.93. The molecule has 2 heterocycles. The van der Waals surface area contributed by atoms with Crippen LogP contribution in [0.15, 0.2) is 48.7 Å². The molecule has 0 aliphatic heterocycles. The molecule has 1 aromatic carbocycles. The number of pyridine rings is 1. The number of halogens is 1. The molecule has 0 saturated carbocycles. The SMILES string of the molecule is Cc1c(C(=O)NCc2ccccn2)nnn1-c1ccc(F)cc1. The number of aromatic nitrogens is 4. The second-order valence-electron chi connectivity index (χ2n) is 4.92. The molecule has 116 valence electrons. The van der Waals surface area contributed by atoms with Gasteiger partial charge in [-0.1, -0.05) is 11.3 Å². The van der Waals surface area contributed by atoms with Gasteiger partial charge in [0.1, 0.15) is 5.82 Å². The molecule has 1 N–H and O–H groups in total. The van der Waals surface area contributed by atoms with Gasteiger partial charge in [-0.15, -0.1) is 5.10 Å². The average Bonchev–Trinajstić information content (AvgIpc) is 2.96.